The summed E-state index contributed by atoms with van der Waals surface area (Å²) in [5.41, 5.74) is 4.15. The zero-order valence-corrected chi connectivity index (χ0v) is 16.2. The van der Waals surface area contributed by atoms with Gasteiger partial charge in [-0.3, -0.25) is 0 Å². The number of ether oxygens (including phenoxy) is 1. The van der Waals surface area contributed by atoms with Crippen molar-refractivity contribution in [2.24, 2.45) is 5.92 Å². The van der Waals surface area contributed by atoms with E-state index in [-0.39, 0.29) is 12.0 Å². The summed E-state index contributed by atoms with van der Waals surface area (Å²) in [5, 5.41) is 4.44. The number of fused-ring (bicyclic) bond motifs is 3. The van der Waals surface area contributed by atoms with Crippen molar-refractivity contribution in [2.45, 2.75) is 38.1 Å². The largest absolute Gasteiger partial charge is 0.462 e. The Labute approximate surface area is 165 Å². The highest BCUT2D eigenvalue weighted by molar-refractivity contribution is 6.30. The first kappa shape index (κ1) is 18.1. The van der Waals surface area contributed by atoms with E-state index in [0.29, 0.717) is 24.0 Å². The number of anilines is 1. The normalized spacial score (nSPS) is 22.7. The molecule has 0 saturated heterocycles. The van der Waals surface area contributed by atoms with Crippen molar-refractivity contribution in [1.82, 2.24) is 0 Å². The number of nitrogens with one attached hydrogen (secondary N) is 1. The molecule has 3 unspecified atom stereocenters. The molecule has 1 heterocycles. The van der Waals surface area contributed by atoms with Gasteiger partial charge in [0.15, 0.2) is 0 Å². The van der Waals surface area contributed by atoms with Crippen molar-refractivity contribution in [3.8, 4) is 0 Å². The van der Waals surface area contributed by atoms with Gasteiger partial charge in [0.2, 0.25) is 0 Å². The number of esters is 1. The van der Waals surface area contributed by atoms with Crippen molar-refractivity contribution in [1.29, 1.82) is 0 Å². The summed E-state index contributed by atoms with van der Waals surface area (Å²) in [6.07, 6.45) is 7.47. The van der Waals surface area contributed by atoms with E-state index in [1.54, 1.807) is 0 Å². The first-order valence-electron chi connectivity index (χ1n) is 9.67. The Morgan fingerprint density at radius 3 is 2.81 bits per heavy atom. The first-order valence-corrected chi connectivity index (χ1v) is 10.0. The highest BCUT2D eigenvalue weighted by Crippen LogP contribution is 2.50. The standard InChI is InChI=1S/C23H24ClNO2/c1-2-3-13-27-23(26)16-9-12-21-20(14-16)18-5-4-6-19(18)22(25-21)15-7-10-17(24)11-8-15/h4-5,7-12,14,18-19,22,25H,2-3,6,13H2,1H3. The number of allylic oxidation sites excluding steroid dienone is 2. The van der Waals surface area contributed by atoms with Crippen LogP contribution in [-0.2, 0) is 4.74 Å². The van der Waals surface area contributed by atoms with Crippen LogP contribution < -0.4 is 5.32 Å². The van der Waals surface area contributed by atoms with Crippen LogP contribution >= 0.6 is 11.6 Å². The van der Waals surface area contributed by atoms with Crippen LogP contribution in [0.2, 0.25) is 5.02 Å². The van der Waals surface area contributed by atoms with Crippen molar-refractivity contribution >= 4 is 23.3 Å². The van der Waals surface area contributed by atoms with E-state index in [0.717, 1.165) is 30.0 Å². The molecule has 0 fully saturated rings. The molecule has 140 valence electrons. The van der Waals surface area contributed by atoms with E-state index >= 15 is 0 Å². The molecule has 0 bridgehead atoms. The lowest BCUT2D eigenvalue weighted by Gasteiger charge is -2.37. The molecule has 3 nitrogen and oxygen atoms in total. The molecule has 0 saturated carbocycles. The zero-order valence-electron chi connectivity index (χ0n) is 15.5. The third kappa shape index (κ3) is 3.61. The Kier molecular flexibility index (Phi) is 5.22. The minimum Gasteiger partial charge on any atom is -0.462 e. The second kappa shape index (κ2) is 7.77. The fourth-order valence-corrected chi connectivity index (χ4v) is 4.24. The molecule has 4 heteroatoms. The van der Waals surface area contributed by atoms with Gasteiger partial charge in [-0.05, 0) is 60.2 Å². The maximum Gasteiger partial charge on any atom is 0.338 e. The van der Waals surface area contributed by atoms with Gasteiger partial charge < -0.3 is 10.1 Å². The summed E-state index contributed by atoms with van der Waals surface area (Å²) in [5.74, 6) is 0.514. The molecule has 2 aromatic carbocycles. The van der Waals surface area contributed by atoms with Crippen LogP contribution in [0.1, 0.15) is 59.6 Å². The van der Waals surface area contributed by atoms with E-state index in [4.69, 9.17) is 16.3 Å². The number of halogens is 1. The molecule has 4 rings (SSSR count). The van der Waals surface area contributed by atoms with Crippen LogP contribution in [-0.4, -0.2) is 12.6 Å². The average Bonchev–Trinajstić information content (AvgIpc) is 3.18. The maximum atomic E-state index is 12.3. The summed E-state index contributed by atoms with van der Waals surface area (Å²) < 4.78 is 5.38. The number of rotatable bonds is 5. The van der Waals surface area contributed by atoms with Crippen molar-refractivity contribution in [3.63, 3.8) is 0 Å². The van der Waals surface area contributed by atoms with Gasteiger partial charge in [-0.1, -0.05) is 49.2 Å². The fraction of sp³-hybridized carbons (Fsp3) is 0.348. The summed E-state index contributed by atoms with van der Waals surface area (Å²) in [7, 11) is 0. The van der Waals surface area contributed by atoms with Gasteiger partial charge in [0.25, 0.3) is 0 Å². The topological polar surface area (TPSA) is 38.3 Å². The van der Waals surface area contributed by atoms with Gasteiger partial charge in [-0.15, -0.1) is 0 Å². The Morgan fingerprint density at radius 2 is 2.04 bits per heavy atom. The minimum absolute atomic E-state index is 0.232. The van der Waals surface area contributed by atoms with Crippen LogP contribution in [0.4, 0.5) is 5.69 Å². The molecule has 0 amide bonds. The third-order valence-corrected chi connectivity index (χ3v) is 5.81. The summed E-state index contributed by atoms with van der Waals surface area (Å²) in [6.45, 7) is 2.57. The van der Waals surface area contributed by atoms with Crippen molar-refractivity contribution in [3.05, 3.63) is 76.3 Å². The second-order valence-electron chi connectivity index (χ2n) is 7.32. The predicted octanol–water partition coefficient (Wildman–Crippen LogP) is 6.12. The van der Waals surface area contributed by atoms with E-state index in [9.17, 15) is 4.79 Å². The molecule has 2 aliphatic rings. The Hall–Kier alpha value is -2.26. The molecule has 27 heavy (non-hydrogen) atoms. The van der Waals surface area contributed by atoms with Crippen molar-refractivity contribution in [2.75, 3.05) is 11.9 Å². The molecule has 0 aromatic heterocycles. The number of carbonyl (C=O) groups is 1. The smallest absolute Gasteiger partial charge is 0.338 e. The minimum atomic E-state index is -0.232. The average molecular weight is 382 g/mol. The molecule has 1 aliphatic heterocycles. The number of hydrogen-bond acceptors (Lipinski definition) is 3. The lowest BCUT2D eigenvalue weighted by atomic mass is 9.76. The third-order valence-electron chi connectivity index (χ3n) is 5.56. The monoisotopic (exact) mass is 381 g/mol. The van der Waals surface area contributed by atoms with E-state index in [1.165, 1.54) is 11.1 Å². The lowest BCUT2D eigenvalue weighted by molar-refractivity contribution is 0.0499. The first-order chi connectivity index (χ1) is 13.2. The highest BCUT2D eigenvalue weighted by Gasteiger charge is 2.38. The number of benzene rings is 2. The van der Waals surface area contributed by atoms with Gasteiger partial charge in [0, 0.05) is 16.6 Å². The Morgan fingerprint density at radius 1 is 1.22 bits per heavy atom. The van der Waals surface area contributed by atoms with Crippen LogP contribution in [0.5, 0.6) is 0 Å². The summed E-state index contributed by atoms with van der Waals surface area (Å²) in [6, 6.07) is 14.2. The quantitative estimate of drug-likeness (QED) is 0.385. The van der Waals surface area contributed by atoms with E-state index in [1.807, 2.05) is 30.3 Å². The zero-order chi connectivity index (χ0) is 18.8. The molecule has 0 radical (unpaired) electrons. The molecule has 1 N–H and O–H groups in total. The van der Waals surface area contributed by atoms with Gasteiger partial charge in [0.1, 0.15) is 0 Å². The number of hydrogen-bond donors (Lipinski definition) is 1. The van der Waals surface area contributed by atoms with Gasteiger partial charge >= 0.3 is 5.97 Å². The molecule has 3 atom stereocenters. The van der Waals surface area contributed by atoms with Crippen LogP contribution in [0.15, 0.2) is 54.6 Å². The molecular formula is C23H24ClNO2. The molecular weight excluding hydrogens is 358 g/mol. The van der Waals surface area contributed by atoms with Crippen molar-refractivity contribution < 1.29 is 9.53 Å². The fourth-order valence-electron chi connectivity index (χ4n) is 4.11. The van der Waals surface area contributed by atoms with Gasteiger partial charge in [-0.25, -0.2) is 4.79 Å². The number of unbranched alkanes of at least 4 members (excludes halogenated alkanes) is 1. The maximum absolute atomic E-state index is 12.3. The highest BCUT2D eigenvalue weighted by atomic mass is 35.5. The molecule has 0 spiro atoms. The molecule has 1 aliphatic carbocycles. The second-order valence-corrected chi connectivity index (χ2v) is 7.75. The van der Waals surface area contributed by atoms with Crippen LogP contribution in [0.3, 0.4) is 0 Å². The SMILES string of the molecule is CCCCOC(=O)c1ccc2c(c1)C1C=CCC1C(c1ccc(Cl)cc1)N2. The van der Waals surface area contributed by atoms with E-state index in [2.05, 4.69) is 36.5 Å². The van der Waals surface area contributed by atoms with Gasteiger partial charge in [-0.2, -0.15) is 0 Å². The summed E-state index contributed by atoms with van der Waals surface area (Å²) >= 11 is 6.06. The van der Waals surface area contributed by atoms with E-state index < -0.39 is 0 Å². The Bertz CT molecular complexity index is 859. The Balaban J connectivity index is 1.61. The molecule has 2 aromatic rings. The van der Waals surface area contributed by atoms with Crippen LogP contribution in [0.25, 0.3) is 0 Å². The van der Waals surface area contributed by atoms with Crippen LogP contribution in [0, 0.1) is 5.92 Å². The predicted molar refractivity (Wildman–Crippen MR) is 109 cm³/mol. The summed E-state index contributed by atoms with van der Waals surface area (Å²) in [4.78, 5) is 12.3. The van der Waals surface area contributed by atoms with Gasteiger partial charge in [0.05, 0.1) is 18.2 Å². The lowest BCUT2D eigenvalue weighted by Crippen LogP contribution is -2.29. The number of carbonyl (C=O) groups excluding carboxylic acids is 1.